The molecule has 2 rings (SSSR count). The molecule has 0 fully saturated rings. The maximum atomic E-state index is 8.75. The van der Waals surface area contributed by atoms with E-state index in [0.29, 0.717) is 19.6 Å². The van der Waals surface area contributed by atoms with E-state index in [1.807, 2.05) is 18.2 Å². The van der Waals surface area contributed by atoms with E-state index in [4.69, 9.17) is 37.9 Å². The van der Waals surface area contributed by atoms with Crippen molar-refractivity contribution in [1.82, 2.24) is 0 Å². The Bertz CT molecular complexity index is 554. The summed E-state index contributed by atoms with van der Waals surface area (Å²) in [6.45, 7) is 0.860. The number of fused-ring (bicyclic) bond motifs is 1. The molecule has 22 heavy (non-hydrogen) atoms. The van der Waals surface area contributed by atoms with Gasteiger partial charge in [-0.3, -0.25) is 0 Å². The maximum absolute atomic E-state index is 8.75. The Labute approximate surface area is 140 Å². The Morgan fingerprint density at radius 2 is 2.18 bits per heavy atom. The van der Waals surface area contributed by atoms with Crippen LogP contribution in [0.1, 0.15) is 30.4 Å². The first-order valence-electron chi connectivity index (χ1n) is 7.28. The van der Waals surface area contributed by atoms with Crippen LogP contribution in [-0.2, 0) is 11.3 Å². The molecule has 1 aliphatic carbocycles. The van der Waals surface area contributed by atoms with Crippen LogP contribution < -0.4 is 4.74 Å². The first kappa shape index (κ1) is 17.1. The van der Waals surface area contributed by atoms with Crippen molar-refractivity contribution < 1.29 is 14.7 Å². The number of aliphatic hydroxyl groups excluding tert-OH is 1. The predicted octanol–water partition coefficient (Wildman–Crippen LogP) is 3.82. The molecular formula is C16H19Cl2NO3. The van der Waals surface area contributed by atoms with Gasteiger partial charge in [-0.25, -0.2) is 0 Å². The summed E-state index contributed by atoms with van der Waals surface area (Å²) >= 11 is 11.2. The number of aliphatic hydroxyl groups is 1. The van der Waals surface area contributed by atoms with E-state index in [0.717, 1.165) is 41.9 Å². The first-order chi connectivity index (χ1) is 10.7. The second-order valence-corrected chi connectivity index (χ2v) is 5.90. The summed E-state index contributed by atoms with van der Waals surface area (Å²) in [4.78, 5) is 5.27. The molecule has 1 aromatic rings. The zero-order valence-corrected chi connectivity index (χ0v) is 13.7. The van der Waals surface area contributed by atoms with Gasteiger partial charge in [-0.2, -0.15) is 0 Å². The van der Waals surface area contributed by atoms with E-state index in [2.05, 4.69) is 5.16 Å². The highest BCUT2D eigenvalue weighted by atomic mass is 35.5. The van der Waals surface area contributed by atoms with E-state index in [1.54, 1.807) is 6.08 Å². The molecule has 4 nitrogen and oxygen atoms in total. The summed E-state index contributed by atoms with van der Waals surface area (Å²) < 4.78 is 5.93. The zero-order valence-electron chi connectivity index (χ0n) is 12.2. The highest BCUT2D eigenvalue weighted by Crippen LogP contribution is 2.30. The number of nitrogens with zero attached hydrogens (tertiary/aromatic N) is 1. The summed E-state index contributed by atoms with van der Waals surface area (Å²) in [5.74, 6) is 0.825. The summed E-state index contributed by atoms with van der Waals surface area (Å²) in [7, 11) is 0. The van der Waals surface area contributed by atoms with Crippen LogP contribution in [0.4, 0.5) is 0 Å². The number of hydrogen-bond donors (Lipinski definition) is 1. The van der Waals surface area contributed by atoms with Crippen LogP contribution in [0, 0.1) is 0 Å². The standard InChI is InChI=1S/C16H19Cl2NO3/c17-16(18)8-11-21-15-7-2-4-12-13(15)5-1-6-14(12)19-22-10-3-9-20/h2,4,7-8,20H,1,3,5-6,9-11H2. The van der Waals surface area contributed by atoms with Gasteiger partial charge < -0.3 is 14.7 Å². The SMILES string of the molecule is OCCCON=C1CCCc2c(OCC=C(Cl)Cl)cccc21. The van der Waals surface area contributed by atoms with Crippen LogP contribution in [-0.4, -0.2) is 30.6 Å². The second kappa shape index (κ2) is 9.03. The second-order valence-electron chi connectivity index (χ2n) is 4.89. The van der Waals surface area contributed by atoms with E-state index >= 15 is 0 Å². The van der Waals surface area contributed by atoms with Crippen molar-refractivity contribution >= 4 is 28.9 Å². The summed E-state index contributed by atoms with van der Waals surface area (Å²) in [6, 6.07) is 5.90. The summed E-state index contributed by atoms with van der Waals surface area (Å²) in [5, 5.41) is 13.0. The largest absolute Gasteiger partial charge is 0.489 e. The molecule has 0 spiro atoms. The zero-order chi connectivity index (χ0) is 15.8. The Morgan fingerprint density at radius 1 is 1.32 bits per heavy atom. The van der Waals surface area contributed by atoms with Crippen molar-refractivity contribution in [2.75, 3.05) is 19.8 Å². The molecule has 1 aromatic carbocycles. The molecule has 1 aliphatic rings. The number of benzene rings is 1. The third-order valence-corrected chi connectivity index (χ3v) is 3.64. The smallest absolute Gasteiger partial charge is 0.123 e. The van der Waals surface area contributed by atoms with Gasteiger partial charge in [-0.05, 0) is 31.4 Å². The monoisotopic (exact) mass is 343 g/mol. The van der Waals surface area contributed by atoms with Crippen molar-refractivity contribution in [3.05, 3.63) is 39.9 Å². The van der Waals surface area contributed by atoms with Crippen LogP contribution >= 0.6 is 23.2 Å². The van der Waals surface area contributed by atoms with Crippen LogP contribution in [0.2, 0.25) is 0 Å². The van der Waals surface area contributed by atoms with Gasteiger partial charge in [0.15, 0.2) is 0 Å². The molecule has 0 saturated carbocycles. The Kier molecular flexibility index (Phi) is 7.03. The molecule has 6 heteroatoms. The van der Waals surface area contributed by atoms with Gasteiger partial charge in [0.25, 0.3) is 0 Å². The van der Waals surface area contributed by atoms with Gasteiger partial charge in [0.05, 0.1) is 5.71 Å². The van der Waals surface area contributed by atoms with Crippen molar-refractivity contribution in [2.45, 2.75) is 25.7 Å². The molecule has 0 atom stereocenters. The van der Waals surface area contributed by atoms with Gasteiger partial charge in [0, 0.05) is 24.2 Å². The van der Waals surface area contributed by atoms with Gasteiger partial charge in [-0.15, -0.1) is 0 Å². The molecule has 0 unspecified atom stereocenters. The summed E-state index contributed by atoms with van der Waals surface area (Å²) in [6.07, 6.45) is 5.01. The number of oxime groups is 1. The van der Waals surface area contributed by atoms with Gasteiger partial charge in [0.2, 0.25) is 0 Å². The average Bonchev–Trinajstić information content (AvgIpc) is 2.51. The predicted molar refractivity (Wildman–Crippen MR) is 88.9 cm³/mol. The molecule has 0 amide bonds. The third kappa shape index (κ3) is 4.90. The Morgan fingerprint density at radius 3 is 2.95 bits per heavy atom. The number of ether oxygens (including phenoxy) is 1. The quantitative estimate of drug-likeness (QED) is 0.604. The Hall–Kier alpha value is -1.23. The molecular weight excluding hydrogens is 325 g/mol. The van der Waals surface area contributed by atoms with Crippen molar-refractivity contribution in [1.29, 1.82) is 0 Å². The van der Waals surface area contributed by atoms with Crippen LogP contribution in [0.15, 0.2) is 33.9 Å². The lowest BCUT2D eigenvalue weighted by Crippen LogP contribution is -2.14. The van der Waals surface area contributed by atoms with Crippen molar-refractivity contribution in [3.63, 3.8) is 0 Å². The minimum Gasteiger partial charge on any atom is -0.489 e. The average molecular weight is 344 g/mol. The summed E-state index contributed by atoms with van der Waals surface area (Å²) in [5.41, 5.74) is 3.13. The van der Waals surface area contributed by atoms with Crippen LogP contribution in [0.3, 0.4) is 0 Å². The molecule has 120 valence electrons. The van der Waals surface area contributed by atoms with Gasteiger partial charge in [-0.1, -0.05) is 40.5 Å². The maximum Gasteiger partial charge on any atom is 0.123 e. The minimum absolute atomic E-state index is 0.107. The van der Waals surface area contributed by atoms with E-state index in [-0.39, 0.29) is 11.1 Å². The molecule has 0 aliphatic heterocycles. The van der Waals surface area contributed by atoms with Gasteiger partial charge in [0.1, 0.15) is 23.5 Å². The lowest BCUT2D eigenvalue weighted by Gasteiger charge is -2.20. The lowest BCUT2D eigenvalue weighted by molar-refractivity contribution is 0.123. The highest BCUT2D eigenvalue weighted by molar-refractivity contribution is 6.55. The molecule has 1 N–H and O–H groups in total. The van der Waals surface area contributed by atoms with E-state index < -0.39 is 0 Å². The first-order valence-corrected chi connectivity index (χ1v) is 8.04. The number of rotatable bonds is 7. The van der Waals surface area contributed by atoms with Crippen LogP contribution in [0.5, 0.6) is 5.75 Å². The van der Waals surface area contributed by atoms with Crippen LogP contribution in [0.25, 0.3) is 0 Å². The third-order valence-electron chi connectivity index (χ3n) is 3.33. The van der Waals surface area contributed by atoms with Gasteiger partial charge >= 0.3 is 0 Å². The highest BCUT2D eigenvalue weighted by Gasteiger charge is 2.19. The Balaban J connectivity index is 2.12. The van der Waals surface area contributed by atoms with Crippen molar-refractivity contribution in [2.24, 2.45) is 5.16 Å². The van der Waals surface area contributed by atoms with E-state index in [9.17, 15) is 0 Å². The number of hydrogen-bond acceptors (Lipinski definition) is 4. The van der Waals surface area contributed by atoms with E-state index in [1.165, 1.54) is 0 Å². The molecule has 0 bridgehead atoms. The topological polar surface area (TPSA) is 51.0 Å². The normalized spacial score (nSPS) is 15.3. The fourth-order valence-corrected chi connectivity index (χ4v) is 2.46. The molecule has 0 aromatic heterocycles. The fraction of sp³-hybridized carbons (Fsp3) is 0.438. The molecule has 0 radical (unpaired) electrons. The van der Waals surface area contributed by atoms with Crippen molar-refractivity contribution in [3.8, 4) is 5.75 Å². The number of halogens is 2. The minimum atomic E-state index is 0.107. The molecule has 0 saturated heterocycles. The molecule has 0 heterocycles. The fourth-order valence-electron chi connectivity index (χ4n) is 2.34. The lowest BCUT2D eigenvalue weighted by atomic mass is 9.89.